The van der Waals surface area contributed by atoms with E-state index in [9.17, 15) is 19.4 Å². The van der Waals surface area contributed by atoms with Crippen molar-refractivity contribution in [2.24, 2.45) is 0 Å². The quantitative estimate of drug-likeness (QED) is 0.0272. The van der Waals surface area contributed by atoms with Gasteiger partial charge in [-0.1, -0.05) is 308 Å². The summed E-state index contributed by atoms with van der Waals surface area (Å²) >= 11 is 0. The van der Waals surface area contributed by atoms with Crippen LogP contribution < -0.4 is 10.2 Å². The summed E-state index contributed by atoms with van der Waals surface area (Å²) in [5.74, 6) is -0.164. The number of hydrogen-bond acceptors (Lipinski definition) is 6. The Morgan fingerprint density at radius 1 is 0.473 bits per heavy atom. The molecular formula is C65H129N2O6P. The zero-order valence-corrected chi connectivity index (χ0v) is 51.2. The number of aliphatic hydroxyl groups is 1. The van der Waals surface area contributed by atoms with E-state index < -0.39 is 20.0 Å². The zero-order chi connectivity index (χ0) is 54.2. The Kier molecular flexibility index (Phi) is 55.9. The average molecular weight is 1070 g/mol. The maximum atomic E-state index is 13.0. The SMILES string of the molecule is CCCCCCC/C=C\C/C=C\CCCCCCCCCCCC(=O)NC(COP(=O)([O-])OCC[N+](C)(C)C)C(O)CCCCCCCCCCCCCCCCCCCCCCCCCCCCCCCCC. The normalized spacial score (nSPS) is 13.9. The van der Waals surface area contributed by atoms with Gasteiger partial charge in [0.25, 0.3) is 7.82 Å². The Bertz CT molecular complexity index is 1260. The Morgan fingerprint density at radius 2 is 0.784 bits per heavy atom. The summed E-state index contributed by atoms with van der Waals surface area (Å²) in [6.45, 7) is 4.76. The fourth-order valence-corrected chi connectivity index (χ4v) is 10.8. The molecular weight excluding hydrogens is 936 g/mol. The van der Waals surface area contributed by atoms with E-state index in [4.69, 9.17) is 9.05 Å². The zero-order valence-electron chi connectivity index (χ0n) is 50.3. The van der Waals surface area contributed by atoms with Gasteiger partial charge in [-0.3, -0.25) is 9.36 Å². The number of unbranched alkanes of at least 4 members (excludes halogenated alkanes) is 44. The van der Waals surface area contributed by atoms with Gasteiger partial charge in [0.2, 0.25) is 5.91 Å². The van der Waals surface area contributed by atoms with Crippen molar-refractivity contribution in [2.75, 3.05) is 40.9 Å². The number of quaternary nitrogens is 1. The number of phosphoric acid groups is 1. The number of nitrogens with zero attached hydrogens (tertiary/aromatic N) is 1. The van der Waals surface area contributed by atoms with Gasteiger partial charge in [0.1, 0.15) is 13.2 Å². The van der Waals surface area contributed by atoms with Gasteiger partial charge in [0.15, 0.2) is 0 Å². The molecule has 2 N–H and O–H groups in total. The van der Waals surface area contributed by atoms with Crippen LogP contribution in [0.2, 0.25) is 0 Å². The van der Waals surface area contributed by atoms with Crippen LogP contribution in [-0.4, -0.2) is 68.5 Å². The molecule has 0 aromatic carbocycles. The molecule has 0 saturated heterocycles. The van der Waals surface area contributed by atoms with Gasteiger partial charge in [-0.25, -0.2) is 0 Å². The maximum absolute atomic E-state index is 13.0. The van der Waals surface area contributed by atoms with Crippen LogP contribution in [0.5, 0.6) is 0 Å². The number of amides is 1. The van der Waals surface area contributed by atoms with Gasteiger partial charge < -0.3 is 28.8 Å². The summed E-state index contributed by atoms with van der Waals surface area (Å²) in [5, 5.41) is 14.1. The molecule has 0 aromatic rings. The molecule has 0 aliphatic heterocycles. The second-order valence-electron chi connectivity index (χ2n) is 23.8. The number of carbonyl (C=O) groups excluding carboxylic acids is 1. The van der Waals surface area contributed by atoms with Crippen molar-refractivity contribution in [2.45, 2.75) is 347 Å². The third-order valence-electron chi connectivity index (χ3n) is 15.2. The Morgan fingerprint density at radius 3 is 1.12 bits per heavy atom. The molecule has 3 unspecified atom stereocenters. The molecule has 0 bridgehead atoms. The summed E-state index contributed by atoms with van der Waals surface area (Å²) in [4.78, 5) is 25.6. The minimum atomic E-state index is -4.58. The van der Waals surface area contributed by atoms with E-state index >= 15 is 0 Å². The molecule has 3 atom stereocenters. The highest BCUT2D eigenvalue weighted by molar-refractivity contribution is 7.45. The van der Waals surface area contributed by atoms with Crippen LogP contribution in [0, 0.1) is 0 Å². The fraction of sp³-hybridized carbons (Fsp3) is 0.923. The largest absolute Gasteiger partial charge is 0.756 e. The van der Waals surface area contributed by atoms with Crippen molar-refractivity contribution in [3.05, 3.63) is 24.3 Å². The Labute approximate surface area is 462 Å². The van der Waals surface area contributed by atoms with E-state index in [0.29, 0.717) is 23.9 Å². The van der Waals surface area contributed by atoms with Crippen molar-refractivity contribution in [3.63, 3.8) is 0 Å². The first kappa shape index (κ1) is 73.0. The minimum Gasteiger partial charge on any atom is -0.756 e. The Hall–Kier alpha value is -1.02. The average Bonchev–Trinajstić information content (AvgIpc) is 3.36. The lowest BCUT2D eigenvalue weighted by atomic mass is 10.0. The molecule has 0 heterocycles. The first-order valence-electron chi connectivity index (χ1n) is 32.7. The van der Waals surface area contributed by atoms with E-state index in [-0.39, 0.29) is 19.1 Å². The standard InChI is InChI=1S/C65H129N2O6P/c1-6-8-10-12-14-16-18-20-22-24-26-28-29-30-31-32-33-34-35-36-37-39-40-42-44-46-48-50-52-54-56-58-64(68)63(62-73-74(70,71)72-61-60-67(3,4)5)66-65(69)59-57-55-53-51-49-47-45-43-41-38-27-25-23-21-19-17-15-13-11-9-7-2/h19,21,25,27,63-64,68H,6-18,20,22-24,26,28-62H2,1-5H3,(H-,66,69,70,71)/b21-19-,27-25-. The summed E-state index contributed by atoms with van der Waals surface area (Å²) in [6, 6.07) is -0.803. The van der Waals surface area contributed by atoms with Crippen molar-refractivity contribution >= 4 is 13.7 Å². The van der Waals surface area contributed by atoms with E-state index in [2.05, 4.69) is 43.5 Å². The number of phosphoric ester groups is 1. The van der Waals surface area contributed by atoms with Gasteiger partial charge in [0, 0.05) is 6.42 Å². The molecule has 0 aromatic heterocycles. The smallest absolute Gasteiger partial charge is 0.268 e. The van der Waals surface area contributed by atoms with Crippen molar-refractivity contribution in [1.82, 2.24) is 5.32 Å². The predicted octanol–water partition coefficient (Wildman–Crippen LogP) is 19.7. The highest BCUT2D eigenvalue weighted by Crippen LogP contribution is 2.38. The molecule has 1 amide bonds. The summed E-state index contributed by atoms with van der Waals surface area (Å²) < 4.78 is 23.5. The van der Waals surface area contributed by atoms with E-state index in [0.717, 1.165) is 44.9 Å². The summed E-state index contributed by atoms with van der Waals surface area (Å²) in [6.07, 6.45) is 72.4. The lowest BCUT2D eigenvalue weighted by Crippen LogP contribution is -2.46. The number of hydrogen-bond donors (Lipinski definition) is 2. The second-order valence-corrected chi connectivity index (χ2v) is 25.2. The first-order valence-corrected chi connectivity index (χ1v) is 34.1. The van der Waals surface area contributed by atoms with E-state index in [1.54, 1.807) is 0 Å². The number of likely N-dealkylation sites (N-methyl/N-ethyl adjacent to an activating group) is 1. The van der Waals surface area contributed by atoms with Gasteiger partial charge in [0.05, 0.1) is 39.9 Å². The molecule has 0 aliphatic rings. The van der Waals surface area contributed by atoms with Crippen LogP contribution in [-0.2, 0) is 18.4 Å². The van der Waals surface area contributed by atoms with Crippen LogP contribution in [0.3, 0.4) is 0 Å². The lowest BCUT2D eigenvalue weighted by Gasteiger charge is -2.30. The molecule has 0 rings (SSSR count). The van der Waals surface area contributed by atoms with Crippen LogP contribution >= 0.6 is 7.82 Å². The monoisotopic (exact) mass is 1060 g/mol. The summed E-state index contributed by atoms with van der Waals surface area (Å²) in [7, 11) is 1.31. The molecule has 9 heteroatoms. The maximum Gasteiger partial charge on any atom is 0.268 e. The number of aliphatic hydroxyl groups excluding tert-OH is 1. The van der Waals surface area contributed by atoms with Crippen LogP contribution in [0.4, 0.5) is 0 Å². The molecule has 440 valence electrons. The number of rotatable bonds is 61. The van der Waals surface area contributed by atoms with Gasteiger partial charge in [-0.15, -0.1) is 0 Å². The highest BCUT2D eigenvalue weighted by atomic mass is 31.2. The molecule has 0 spiro atoms. The number of allylic oxidation sites excluding steroid dienone is 4. The van der Waals surface area contributed by atoms with Crippen LogP contribution in [0.15, 0.2) is 24.3 Å². The highest BCUT2D eigenvalue weighted by Gasteiger charge is 2.24. The van der Waals surface area contributed by atoms with Crippen molar-refractivity contribution in [1.29, 1.82) is 0 Å². The molecule has 0 fully saturated rings. The van der Waals surface area contributed by atoms with Crippen molar-refractivity contribution < 1.29 is 32.9 Å². The van der Waals surface area contributed by atoms with Gasteiger partial charge in [-0.05, 0) is 44.9 Å². The molecule has 0 aliphatic carbocycles. The van der Waals surface area contributed by atoms with Gasteiger partial charge in [-0.2, -0.15) is 0 Å². The van der Waals surface area contributed by atoms with Crippen LogP contribution in [0.25, 0.3) is 0 Å². The molecule has 0 saturated carbocycles. The first-order chi connectivity index (χ1) is 36.0. The Balaban J connectivity index is 4.04. The third kappa shape index (κ3) is 58.7. The van der Waals surface area contributed by atoms with Crippen molar-refractivity contribution in [3.8, 4) is 0 Å². The topological polar surface area (TPSA) is 108 Å². The molecule has 0 radical (unpaired) electrons. The minimum absolute atomic E-state index is 0.0127. The molecule has 74 heavy (non-hydrogen) atoms. The number of carbonyl (C=O) groups is 1. The third-order valence-corrected chi connectivity index (χ3v) is 16.2. The summed E-state index contributed by atoms with van der Waals surface area (Å²) in [5.41, 5.74) is 0. The van der Waals surface area contributed by atoms with E-state index in [1.165, 1.54) is 263 Å². The lowest BCUT2D eigenvalue weighted by molar-refractivity contribution is -0.870. The second kappa shape index (κ2) is 56.7. The van der Waals surface area contributed by atoms with E-state index in [1.807, 2.05) is 21.1 Å². The predicted molar refractivity (Wildman–Crippen MR) is 321 cm³/mol. The van der Waals surface area contributed by atoms with Gasteiger partial charge >= 0.3 is 0 Å². The fourth-order valence-electron chi connectivity index (χ4n) is 10.1. The molecule has 8 nitrogen and oxygen atoms in total. The number of nitrogens with one attached hydrogen (secondary N) is 1. The van der Waals surface area contributed by atoms with Crippen LogP contribution in [0.1, 0.15) is 335 Å².